The number of fused-ring (bicyclic) bond motifs is 1. The zero-order chi connectivity index (χ0) is 21.8. The number of nitrogens with zero attached hydrogens (tertiary/aromatic N) is 3. The maximum Gasteiger partial charge on any atom is 0.332 e. The Bertz CT molecular complexity index is 942. The number of piperidine rings is 1. The first kappa shape index (κ1) is 22.3. The molecule has 0 N–H and O–H groups in total. The quantitative estimate of drug-likeness (QED) is 0.462. The number of aromatic nitrogens is 1. The number of carbonyl (C=O) groups is 2. The number of rotatable bonds is 7. The lowest BCUT2D eigenvalue weighted by molar-refractivity contribution is -0.149. The van der Waals surface area contributed by atoms with Gasteiger partial charge in [0.15, 0.2) is 0 Å². The van der Waals surface area contributed by atoms with Gasteiger partial charge < -0.3 is 14.5 Å². The minimum absolute atomic E-state index is 0.197. The molecule has 0 spiro atoms. The smallest absolute Gasteiger partial charge is 0.332 e. The van der Waals surface area contributed by atoms with Crippen molar-refractivity contribution < 1.29 is 14.3 Å². The summed E-state index contributed by atoms with van der Waals surface area (Å²) in [5.41, 5.74) is 1.63. The minimum Gasteiger partial charge on any atom is -0.465 e. The van der Waals surface area contributed by atoms with Crippen molar-refractivity contribution in [2.45, 2.75) is 49.2 Å². The molecule has 2 aromatic rings. The number of likely N-dealkylation sites (tertiary alicyclic amines) is 1. The van der Waals surface area contributed by atoms with Crippen LogP contribution in [0.4, 0.5) is 5.69 Å². The summed E-state index contributed by atoms with van der Waals surface area (Å²) in [6.45, 7) is 7.45. The van der Waals surface area contributed by atoms with Crippen molar-refractivity contribution in [1.29, 1.82) is 0 Å². The highest BCUT2D eigenvalue weighted by Gasteiger charge is 2.54. The number of ether oxygens (including phenoxy) is 1. The van der Waals surface area contributed by atoms with Gasteiger partial charge in [-0.2, -0.15) is 0 Å². The number of anilines is 1. The second-order valence-electron chi connectivity index (χ2n) is 8.01. The zero-order valence-electron chi connectivity index (χ0n) is 18.1. The molecule has 0 saturated carbocycles. The summed E-state index contributed by atoms with van der Waals surface area (Å²) in [7, 11) is 0. The van der Waals surface area contributed by atoms with E-state index < -0.39 is 10.7 Å². The van der Waals surface area contributed by atoms with Crippen molar-refractivity contribution >= 4 is 40.7 Å². The Hall–Kier alpha value is -1.90. The molecule has 1 atom stereocenters. The number of thiazole rings is 1. The molecule has 1 fully saturated rings. The summed E-state index contributed by atoms with van der Waals surface area (Å²) in [4.78, 5) is 36.9. The summed E-state index contributed by atoms with van der Waals surface area (Å²) in [5.74, 6) is -0.676. The van der Waals surface area contributed by atoms with Crippen LogP contribution in [-0.4, -0.2) is 59.3 Å². The molecule has 8 heteroatoms. The number of hydrogen-bond acceptors (Lipinski definition) is 7. The Morgan fingerprint density at radius 3 is 2.68 bits per heavy atom. The predicted molar refractivity (Wildman–Crippen MR) is 125 cm³/mol. The molecule has 2 aliphatic heterocycles. The van der Waals surface area contributed by atoms with E-state index in [4.69, 9.17) is 4.74 Å². The van der Waals surface area contributed by atoms with Crippen molar-refractivity contribution in [2.24, 2.45) is 0 Å². The van der Waals surface area contributed by atoms with Crippen molar-refractivity contribution in [3.05, 3.63) is 40.3 Å². The third kappa shape index (κ3) is 4.66. The molecular weight excluding hydrogens is 430 g/mol. The summed E-state index contributed by atoms with van der Waals surface area (Å²) in [5, 5.41) is 2.85. The van der Waals surface area contributed by atoms with Crippen LogP contribution in [0.3, 0.4) is 0 Å². The first-order chi connectivity index (χ1) is 15.0. The van der Waals surface area contributed by atoms with Crippen LogP contribution < -0.4 is 4.90 Å². The number of hydrogen-bond donors (Lipinski definition) is 0. The van der Waals surface area contributed by atoms with Gasteiger partial charge in [0.25, 0.3) is 5.91 Å². The van der Waals surface area contributed by atoms with Crippen LogP contribution in [0.5, 0.6) is 0 Å². The molecule has 3 heterocycles. The molecule has 1 amide bonds. The Morgan fingerprint density at radius 1 is 1.19 bits per heavy atom. The number of esters is 1. The Kier molecular flexibility index (Phi) is 6.99. The van der Waals surface area contributed by atoms with E-state index in [1.54, 1.807) is 11.8 Å². The van der Waals surface area contributed by atoms with Gasteiger partial charge in [0.1, 0.15) is 0 Å². The van der Waals surface area contributed by atoms with Gasteiger partial charge >= 0.3 is 5.97 Å². The van der Waals surface area contributed by atoms with Crippen LogP contribution in [0, 0.1) is 6.92 Å². The molecule has 2 aliphatic rings. The number of benzene rings is 1. The van der Waals surface area contributed by atoms with Crippen LogP contribution >= 0.6 is 23.1 Å². The molecule has 1 unspecified atom stereocenters. The van der Waals surface area contributed by atoms with E-state index >= 15 is 0 Å². The lowest BCUT2D eigenvalue weighted by Gasteiger charge is -2.41. The van der Waals surface area contributed by atoms with Crippen molar-refractivity contribution in [3.8, 4) is 0 Å². The Morgan fingerprint density at radius 2 is 1.97 bits per heavy atom. The molecule has 6 nitrogen and oxygen atoms in total. The average molecular weight is 460 g/mol. The second-order valence-corrected chi connectivity index (χ2v) is 10.4. The molecule has 1 saturated heterocycles. The third-order valence-corrected chi connectivity index (χ3v) is 8.04. The van der Waals surface area contributed by atoms with Crippen LogP contribution in [0.25, 0.3) is 0 Å². The summed E-state index contributed by atoms with van der Waals surface area (Å²) < 4.78 is 4.10. The Labute approximate surface area is 192 Å². The van der Waals surface area contributed by atoms with E-state index in [2.05, 4.69) is 9.88 Å². The van der Waals surface area contributed by atoms with Crippen LogP contribution in [-0.2, 0) is 20.7 Å². The van der Waals surface area contributed by atoms with Crippen LogP contribution in [0.2, 0.25) is 0 Å². The summed E-state index contributed by atoms with van der Waals surface area (Å²) in [6.07, 6.45) is 3.92. The third-order valence-electron chi connectivity index (χ3n) is 5.82. The highest BCUT2D eigenvalue weighted by atomic mass is 32.2. The first-order valence-electron chi connectivity index (χ1n) is 10.9. The Balaban J connectivity index is 1.68. The number of carbonyl (C=O) groups excluding carboxylic acids is 2. The SMILES string of the molecule is CCOC(=O)C1(Cc2csc(C)n2)Sc2ccccc2N(CCN2CCCCC2)C1=O. The molecule has 31 heavy (non-hydrogen) atoms. The van der Waals surface area contributed by atoms with E-state index in [0.717, 1.165) is 40.9 Å². The normalized spacial score (nSPS) is 21.7. The van der Waals surface area contributed by atoms with Gasteiger partial charge in [-0.25, -0.2) is 9.78 Å². The lowest BCUT2D eigenvalue weighted by atomic mass is 9.99. The standard InChI is InChI=1S/C23H29N3O3S2/c1-3-29-22(28)23(15-18-16-30-17(2)24-18)21(27)26(14-13-25-11-7-4-8-12-25)19-9-5-6-10-20(19)31-23/h5-6,9-10,16H,3-4,7-8,11-15H2,1-2H3. The fourth-order valence-electron chi connectivity index (χ4n) is 4.28. The monoisotopic (exact) mass is 459 g/mol. The summed E-state index contributed by atoms with van der Waals surface area (Å²) in [6, 6.07) is 7.86. The lowest BCUT2D eigenvalue weighted by Crippen LogP contribution is -2.57. The number of thioether (sulfide) groups is 1. The van der Waals surface area contributed by atoms with Crippen molar-refractivity contribution in [1.82, 2.24) is 9.88 Å². The predicted octanol–water partition coefficient (Wildman–Crippen LogP) is 3.92. The van der Waals surface area contributed by atoms with Gasteiger partial charge in [0.05, 0.1) is 23.0 Å². The molecule has 0 radical (unpaired) electrons. The average Bonchev–Trinajstić information content (AvgIpc) is 3.19. The zero-order valence-corrected chi connectivity index (χ0v) is 19.8. The topological polar surface area (TPSA) is 62.7 Å². The van der Waals surface area contributed by atoms with Crippen LogP contribution in [0.1, 0.15) is 36.9 Å². The fraction of sp³-hybridized carbons (Fsp3) is 0.522. The molecular formula is C23H29N3O3S2. The van der Waals surface area contributed by atoms with E-state index in [9.17, 15) is 9.59 Å². The maximum absolute atomic E-state index is 14.0. The number of para-hydroxylation sites is 1. The highest BCUT2D eigenvalue weighted by molar-refractivity contribution is 8.02. The number of amides is 1. The van der Waals surface area contributed by atoms with E-state index in [1.807, 2.05) is 36.6 Å². The van der Waals surface area contributed by atoms with Gasteiger partial charge in [-0.3, -0.25) is 4.79 Å². The van der Waals surface area contributed by atoms with E-state index in [1.165, 1.54) is 42.4 Å². The molecule has 166 valence electrons. The number of aryl methyl sites for hydroxylation is 1. The molecule has 4 rings (SSSR count). The van der Waals surface area contributed by atoms with Crippen LogP contribution in [0.15, 0.2) is 34.5 Å². The largest absolute Gasteiger partial charge is 0.465 e. The van der Waals surface area contributed by atoms with E-state index in [0.29, 0.717) is 6.54 Å². The minimum atomic E-state index is -1.35. The van der Waals surface area contributed by atoms with Gasteiger partial charge in [-0.1, -0.05) is 30.3 Å². The van der Waals surface area contributed by atoms with Gasteiger partial charge in [-0.05, 0) is 51.9 Å². The molecule has 1 aromatic carbocycles. The molecule has 1 aromatic heterocycles. The summed E-state index contributed by atoms with van der Waals surface area (Å²) >= 11 is 2.84. The van der Waals surface area contributed by atoms with Gasteiger partial charge in [0, 0.05) is 29.8 Å². The van der Waals surface area contributed by atoms with E-state index in [-0.39, 0.29) is 18.9 Å². The second kappa shape index (κ2) is 9.71. The van der Waals surface area contributed by atoms with Gasteiger partial charge in [-0.15, -0.1) is 11.3 Å². The highest BCUT2D eigenvalue weighted by Crippen LogP contribution is 2.47. The van der Waals surface area contributed by atoms with Gasteiger partial charge in [0.2, 0.25) is 4.75 Å². The fourth-order valence-corrected chi connectivity index (χ4v) is 6.25. The maximum atomic E-state index is 14.0. The molecule has 0 aliphatic carbocycles. The van der Waals surface area contributed by atoms with Crippen molar-refractivity contribution in [3.63, 3.8) is 0 Å². The first-order valence-corrected chi connectivity index (χ1v) is 12.6. The molecule has 0 bridgehead atoms. The van der Waals surface area contributed by atoms with Crippen molar-refractivity contribution in [2.75, 3.05) is 37.7 Å².